The summed E-state index contributed by atoms with van der Waals surface area (Å²) in [5.41, 5.74) is 0. The molecule has 68 heavy (non-hydrogen) atoms. The number of esters is 3. The summed E-state index contributed by atoms with van der Waals surface area (Å²) in [5, 5.41) is 0. The Labute approximate surface area is 425 Å². The van der Waals surface area contributed by atoms with Crippen molar-refractivity contribution in [2.45, 2.75) is 355 Å². The van der Waals surface area contributed by atoms with Gasteiger partial charge in [-0.15, -0.1) is 0 Å². The number of carbonyl (C=O) groups excluding carboxylic acids is 3. The van der Waals surface area contributed by atoms with Crippen molar-refractivity contribution in [1.82, 2.24) is 0 Å². The predicted molar refractivity (Wildman–Crippen MR) is 293 cm³/mol. The molecule has 6 heteroatoms. The Morgan fingerprint density at radius 2 is 0.485 bits per heavy atom. The normalized spacial score (nSPS) is 12.0. The van der Waals surface area contributed by atoms with Crippen LogP contribution in [0.15, 0.2) is 0 Å². The van der Waals surface area contributed by atoms with Crippen molar-refractivity contribution in [2.24, 2.45) is 11.8 Å². The minimum absolute atomic E-state index is 0.0621. The van der Waals surface area contributed by atoms with E-state index in [1.165, 1.54) is 238 Å². The summed E-state index contributed by atoms with van der Waals surface area (Å²) in [7, 11) is 0. The smallest absolute Gasteiger partial charge is 0.306 e. The Balaban J connectivity index is 4.29. The van der Waals surface area contributed by atoms with Crippen LogP contribution in [-0.4, -0.2) is 37.2 Å². The number of carbonyl (C=O) groups is 3. The van der Waals surface area contributed by atoms with Gasteiger partial charge in [-0.2, -0.15) is 0 Å². The zero-order valence-electron chi connectivity index (χ0n) is 46.7. The molecular formula is C62H120O6. The summed E-state index contributed by atoms with van der Waals surface area (Å²) in [6.45, 7) is 11.4. The van der Waals surface area contributed by atoms with Gasteiger partial charge >= 0.3 is 17.9 Å². The van der Waals surface area contributed by atoms with Crippen molar-refractivity contribution < 1.29 is 28.6 Å². The lowest BCUT2D eigenvalue weighted by atomic mass is 10.0. The molecule has 0 saturated carbocycles. The molecule has 0 fully saturated rings. The van der Waals surface area contributed by atoms with Crippen molar-refractivity contribution in [3.05, 3.63) is 0 Å². The van der Waals surface area contributed by atoms with Crippen LogP contribution in [-0.2, 0) is 28.6 Å². The van der Waals surface area contributed by atoms with E-state index in [9.17, 15) is 14.4 Å². The Bertz CT molecular complexity index is 1040. The van der Waals surface area contributed by atoms with E-state index in [1.54, 1.807) is 0 Å². The molecule has 404 valence electrons. The van der Waals surface area contributed by atoms with Gasteiger partial charge in [-0.25, -0.2) is 0 Å². The monoisotopic (exact) mass is 961 g/mol. The quantitative estimate of drug-likeness (QED) is 0.0343. The second-order valence-corrected chi connectivity index (χ2v) is 22.3. The summed E-state index contributed by atoms with van der Waals surface area (Å²) in [5.74, 6) is 0.854. The van der Waals surface area contributed by atoms with Crippen LogP contribution in [0.3, 0.4) is 0 Å². The highest BCUT2D eigenvalue weighted by Crippen LogP contribution is 2.19. The van der Waals surface area contributed by atoms with E-state index in [0.29, 0.717) is 19.3 Å². The third-order valence-corrected chi connectivity index (χ3v) is 14.2. The predicted octanol–water partition coefficient (Wildman–Crippen LogP) is 20.4. The highest BCUT2D eigenvalue weighted by Gasteiger charge is 2.19. The molecule has 0 radical (unpaired) electrons. The van der Waals surface area contributed by atoms with E-state index in [-0.39, 0.29) is 31.1 Å². The van der Waals surface area contributed by atoms with Gasteiger partial charge in [0.1, 0.15) is 13.2 Å². The van der Waals surface area contributed by atoms with E-state index in [2.05, 4.69) is 34.6 Å². The minimum atomic E-state index is -0.763. The van der Waals surface area contributed by atoms with Gasteiger partial charge in [0.15, 0.2) is 6.10 Å². The molecule has 0 spiro atoms. The van der Waals surface area contributed by atoms with Crippen LogP contribution in [0.5, 0.6) is 0 Å². The largest absolute Gasteiger partial charge is 0.462 e. The first-order chi connectivity index (χ1) is 33.2. The first-order valence-corrected chi connectivity index (χ1v) is 30.7. The highest BCUT2D eigenvalue weighted by molar-refractivity contribution is 5.71. The maximum absolute atomic E-state index is 12.9. The Kier molecular flexibility index (Phi) is 53.5. The van der Waals surface area contributed by atoms with E-state index in [4.69, 9.17) is 14.2 Å². The van der Waals surface area contributed by atoms with Gasteiger partial charge in [0.2, 0.25) is 0 Å². The molecular weight excluding hydrogens is 841 g/mol. The van der Waals surface area contributed by atoms with Gasteiger partial charge in [-0.05, 0) is 31.1 Å². The molecule has 0 amide bonds. The average Bonchev–Trinajstić information content (AvgIpc) is 3.31. The summed E-state index contributed by atoms with van der Waals surface area (Å²) in [6, 6.07) is 0. The number of hydrogen-bond donors (Lipinski definition) is 0. The summed E-state index contributed by atoms with van der Waals surface area (Å²) < 4.78 is 16.9. The standard InChI is InChI=1S/C62H120O6/c1-6-7-8-9-10-11-12-13-14-17-22-27-32-37-42-47-52-60(63)66-55-59(68-62(65)54-49-44-39-34-29-24-19-21-26-31-36-41-46-51-58(4)5)56-67-61(64)53-48-43-38-33-28-23-18-15-16-20-25-30-35-40-45-50-57(2)3/h57-59H,6-56H2,1-5H3/t59-/m0/s1. The van der Waals surface area contributed by atoms with Gasteiger partial charge in [0, 0.05) is 19.3 Å². The molecule has 0 aromatic rings. The van der Waals surface area contributed by atoms with E-state index in [1.807, 2.05) is 0 Å². The van der Waals surface area contributed by atoms with Crippen molar-refractivity contribution in [3.63, 3.8) is 0 Å². The van der Waals surface area contributed by atoms with Crippen LogP contribution in [0.4, 0.5) is 0 Å². The van der Waals surface area contributed by atoms with Crippen LogP contribution in [0.1, 0.15) is 349 Å². The molecule has 0 rings (SSSR count). The fraction of sp³-hybridized carbons (Fsp3) is 0.952. The van der Waals surface area contributed by atoms with Gasteiger partial charge in [0.05, 0.1) is 0 Å². The molecule has 0 bridgehead atoms. The zero-order valence-corrected chi connectivity index (χ0v) is 46.7. The van der Waals surface area contributed by atoms with Crippen molar-refractivity contribution in [1.29, 1.82) is 0 Å². The molecule has 0 aliphatic heterocycles. The number of hydrogen-bond acceptors (Lipinski definition) is 6. The molecule has 6 nitrogen and oxygen atoms in total. The van der Waals surface area contributed by atoms with E-state index >= 15 is 0 Å². The Morgan fingerprint density at radius 1 is 0.279 bits per heavy atom. The van der Waals surface area contributed by atoms with Gasteiger partial charge in [-0.3, -0.25) is 14.4 Å². The number of rotatable bonds is 56. The van der Waals surface area contributed by atoms with Crippen LogP contribution >= 0.6 is 0 Å². The zero-order chi connectivity index (χ0) is 49.6. The van der Waals surface area contributed by atoms with Gasteiger partial charge < -0.3 is 14.2 Å². The lowest BCUT2D eigenvalue weighted by Crippen LogP contribution is -2.30. The third kappa shape index (κ3) is 55.3. The van der Waals surface area contributed by atoms with Crippen LogP contribution in [0.2, 0.25) is 0 Å². The van der Waals surface area contributed by atoms with Gasteiger partial charge in [0.25, 0.3) is 0 Å². The maximum atomic E-state index is 12.9. The van der Waals surface area contributed by atoms with Crippen LogP contribution in [0.25, 0.3) is 0 Å². The van der Waals surface area contributed by atoms with Crippen LogP contribution < -0.4 is 0 Å². The first kappa shape index (κ1) is 66.4. The number of ether oxygens (including phenoxy) is 3. The molecule has 0 unspecified atom stereocenters. The van der Waals surface area contributed by atoms with Gasteiger partial charge in [-0.1, -0.05) is 311 Å². The molecule has 0 saturated heterocycles. The lowest BCUT2D eigenvalue weighted by Gasteiger charge is -2.18. The lowest BCUT2D eigenvalue weighted by molar-refractivity contribution is -0.167. The topological polar surface area (TPSA) is 78.9 Å². The Morgan fingerprint density at radius 3 is 0.721 bits per heavy atom. The fourth-order valence-electron chi connectivity index (χ4n) is 9.58. The van der Waals surface area contributed by atoms with Crippen molar-refractivity contribution in [3.8, 4) is 0 Å². The molecule has 1 atom stereocenters. The summed E-state index contributed by atoms with van der Waals surface area (Å²) >= 11 is 0. The molecule has 0 aliphatic carbocycles. The minimum Gasteiger partial charge on any atom is -0.462 e. The second kappa shape index (κ2) is 54.7. The first-order valence-electron chi connectivity index (χ1n) is 30.7. The van der Waals surface area contributed by atoms with Crippen molar-refractivity contribution in [2.75, 3.05) is 13.2 Å². The molecule has 0 aromatic carbocycles. The molecule has 0 aromatic heterocycles. The molecule has 0 aliphatic rings. The number of unbranched alkanes of at least 4 members (excludes halogenated alkanes) is 41. The van der Waals surface area contributed by atoms with E-state index in [0.717, 1.165) is 69.6 Å². The maximum Gasteiger partial charge on any atom is 0.306 e. The van der Waals surface area contributed by atoms with Crippen LogP contribution in [0, 0.1) is 11.8 Å². The third-order valence-electron chi connectivity index (χ3n) is 14.2. The molecule has 0 heterocycles. The summed E-state index contributed by atoms with van der Waals surface area (Å²) in [6.07, 6.45) is 59.5. The van der Waals surface area contributed by atoms with E-state index < -0.39 is 6.10 Å². The molecule has 0 N–H and O–H groups in total. The highest BCUT2D eigenvalue weighted by atomic mass is 16.6. The summed E-state index contributed by atoms with van der Waals surface area (Å²) in [4.78, 5) is 38.2. The van der Waals surface area contributed by atoms with Crippen molar-refractivity contribution >= 4 is 17.9 Å². The SMILES string of the molecule is CCCCCCCCCCCCCCCCCCC(=O)OC[C@@H](COC(=O)CCCCCCCCCCCCCCCCCC(C)C)OC(=O)CCCCCCCCCCCCCCCC(C)C. The second-order valence-electron chi connectivity index (χ2n) is 22.3. The average molecular weight is 962 g/mol. The Hall–Kier alpha value is -1.59. The fourth-order valence-corrected chi connectivity index (χ4v) is 9.58.